The molecule has 0 heterocycles. The van der Waals surface area contributed by atoms with E-state index in [-0.39, 0.29) is 10.8 Å². The Morgan fingerprint density at radius 3 is 2.76 bits per heavy atom. The van der Waals surface area contributed by atoms with Gasteiger partial charge in [0.25, 0.3) is 0 Å². The van der Waals surface area contributed by atoms with Crippen LogP contribution in [0.1, 0.15) is 46.0 Å². The van der Waals surface area contributed by atoms with Crippen molar-refractivity contribution in [2.45, 2.75) is 52.1 Å². The van der Waals surface area contributed by atoms with Gasteiger partial charge >= 0.3 is 5.97 Å². The van der Waals surface area contributed by atoms with Gasteiger partial charge in [0, 0.05) is 5.41 Å². The average Bonchev–Trinajstić information content (AvgIpc) is 2.78. The number of hydrogen-bond acceptors (Lipinski definition) is 3. The molecule has 2 saturated carbocycles. The molecule has 21 heavy (non-hydrogen) atoms. The molecule has 5 unspecified atom stereocenters. The highest BCUT2D eigenvalue weighted by Gasteiger charge is 2.67. The summed E-state index contributed by atoms with van der Waals surface area (Å²) in [6.07, 6.45) is 4.11. The molecule has 5 atom stereocenters. The minimum Gasteiger partial charge on any atom is -0.478 e. The molecular weight excluding hydrogens is 266 g/mol. The standard InChI is InChI=1S/C17H27NO3/c1-10-4-5-11-8-12-14(15(20)21)13(19)9-17(10,12)16(11,2)6-7-18-3/h10-11,13,18-19H,4-9H2,1-3H3,(H,20,21). The molecule has 4 heteroatoms. The largest absolute Gasteiger partial charge is 0.478 e. The molecular formula is C17H27NO3. The van der Waals surface area contributed by atoms with Crippen LogP contribution in [-0.2, 0) is 4.79 Å². The monoisotopic (exact) mass is 293 g/mol. The van der Waals surface area contributed by atoms with E-state index in [1.54, 1.807) is 0 Å². The van der Waals surface area contributed by atoms with E-state index in [0.29, 0.717) is 23.8 Å². The maximum Gasteiger partial charge on any atom is 0.334 e. The van der Waals surface area contributed by atoms with Gasteiger partial charge in [0.1, 0.15) is 0 Å². The summed E-state index contributed by atoms with van der Waals surface area (Å²) in [5.74, 6) is 0.114. The first-order valence-corrected chi connectivity index (χ1v) is 8.18. The van der Waals surface area contributed by atoms with Crippen molar-refractivity contribution in [1.82, 2.24) is 5.32 Å². The number of rotatable bonds is 4. The summed E-state index contributed by atoms with van der Waals surface area (Å²) in [5.41, 5.74) is 1.42. The summed E-state index contributed by atoms with van der Waals surface area (Å²) in [6.45, 7) is 5.55. The number of aliphatic carboxylic acids is 1. The fraction of sp³-hybridized carbons (Fsp3) is 0.824. The van der Waals surface area contributed by atoms with Crippen molar-refractivity contribution in [1.29, 1.82) is 0 Å². The van der Waals surface area contributed by atoms with Crippen LogP contribution in [0.2, 0.25) is 0 Å². The van der Waals surface area contributed by atoms with Gasteiger partial charge in [0.2, 0.25) is 0 Å². The SMILES string of the molecule is CNCCC1(C)C2CCC(C)C13CC(O)C(C(=O)O)=C3C2. The van der Waals surface area contributed by atoms with Crippen LogP contribution in [0.5, 0.6) is 0 Å². The lowest BCUT2D eigenvalue weighted by molar-refractivity contribution is -0.133. The number of carbonyl (C=O) groups is 1. The zero-order chi connectivity index (χ0) is 15.4. The number of allylic oxidation sites excluding steroid dienone is 1. The molecule has 4 nitrogen and oxygen atoms in total. The van der Waals surface area contributed by atoms with Crippen LogP contribution in [0.25, 0.3) is 0 Å². The predicted octanol–water partition coefficient (Wildman–Crippen LogP) is 2.18. The highest BCUT2D eigenvalue weighted by molar-refractivity contribution is 5.90. The van der Waals surface area contributed by atoms with E-state index in [2.05, 4.69) is 19.2 Å². The van der Waals surface area contributed by atoms with Crippen molar-refractivity contribution in [3.8, 4) is 0 Å². The summed E-state index contributed by atoms with van der Waals surface area (Å²) in [4.78, 5) is 11.6. The van der Waals surface area contributed by atoms with Crippen LogP contribution in [-0.4, -0.2) is 35.9 Å². The Hall–Kier alpha value is -0.870. The molecule has 2 fully saturated rings. The second kappa shape index (κ2) is 4.82. The van der Waals surface area contributed by atoms with Crippen molar-refractivity contribution >= 4 is 5.97 Å². The number of carboxylic acid groups (broad SMARTS) is 1. The topological polar surface area (TPSA) is 69.6 Å². The first kappa shape index (κ1) is 15.0. The summed E-state index contributed by atoms with van der Waals surface area (Å²) in [7, 11) is 1.97. The summed E-state index contributed by atoms with van der Waals surface area (Å²) in [6, 6.07) is 0. The second-order valence-corrected chi connectivity index (χ2v) is 7.54. The molecule has 0 aromatic rings. The van der Waals surface area contributed by atoms with E-state index in [1.165, 1.54) is 6.42 Å². The van der Waals surface area contributed by atoms with Crippen LogP contribution >= 0.6 is 0 Å². The van der Waals surface area contributed by atoms with E-state index >= 15 is 0 Å². The average molecular weight is 293 g/mol. The van der Waals surface area contributed by atoms with E-state index in [4.69, 9.17) is 0 Å². The van der Waals surface area contributed by atoms with Crippen LogP contribution in [0.3, 0.4) is 0 Å². The predicted molar refractivity (Wildman–Crippen MR) is 80.9 cm³/mol. The zero-order valence-corrected chi connectivity index (χ0v) is 13.3. The zero-order valence-electron chi connectivity index (χ0n) is 13.3. The Morgan fingerprint density at radius 1 is 1.43 bits per heavy atom. The maximum absolute atomic E-state index is 11.6. The van der Waals surface area contributed by atoms with Crippen LogP contribution < -0.4 is 5.32 Å². The summed E-state index contributed by atoms with van der Waals surface area (Å²) < 4.78 is 0. The van der Waals surface area contributed by atoms with E-state index < -0.39 is 12.1 Å². The quantitative estimate of drug-likeness (QED) is 0.743. The Bertz CT molecular complexity index is 500. The van der Waals surface area contributed by atoms with Crippen molar-refractivity contribution < 1.29 is 15.0 Å². The van der Waals surface area contributed by atoms with Crippen LogP contribution in [0, 0.1) is 22.7 Å². The normalized spacial score (nSPS) is 45.0. The summed E-state index contributed by atoms with van der Waals surface area (Å²) in [5, 5.41) is 23.2. The van der Waals surface area contributed by atoms with E-state index in [0.717, 1.165) is 31.4 Å². The van der Waals surface area contributed by atoms with Gasteiger partial charge in [-0.05, 0) is 68.5 Å². The molecule has 3 rings (SSSR count). The molecule has 2 bridgehead atoms. The molecule has 3 N–H and O–H groups in total. The van der Waals surface area contributed by atoms with Crippen molar-refractivity contribution in [2.24, 2.45) is 22.7 Å². The first-order valence-electron chi connectivity index (χ1n) is 8.18. The Balaban J connectivity index is 2.13. The molecule has 0 saturated heterocycles. The van der Waals surface area contributed by atoms with Gasteiger partial charge in [0.05, 0.1) is 11.7 Å². The van der Waals surface area contributed by atoms with E-state index in [1.807, 2.05) is 7.05 Å². The third-order valence-electron chi connectivity index (χ3n) is 7.00. The molecule has 3 aliphatic rings. The van der Waals surface area contributed by atoms with Crippen LogP contribution in [0.15, 0.2) is 11.1 Å². The Labute approximate surface area is 126 Å². The fourth-order valence-electron chi connectivity index (χ4n) is 5.94. The van der Waals surface area contributed by atoms with Gasteiger partial charge in [-0.15, -0.1) is 0 Å². The fourth-order valence-corrected chi connectivity index (χ4v) is 5.94. The maximum atomic E-state index is 11.6. The van der Waals surface area contributed by atoms with Gasteiger partial charge in [0.15, 0.2) is 0 Å². The number of nitrogens with one attached hydrogen (secondary N) is 1. The van der Waals surface area contributed by atoms with Crippen LogP contribution in [0.4, 0.5) is 0 Å². The van der Waals surface area contributed by atoms with Crippen molar-refractivity contribution in [3.63, 3.8) is 0 Å². The molecule has 0 amide bonds. The van der Waals surface area contributed by atoms with Crippen molar-refractivity contribution in [2.75, 3.05) is 13.6 Å². The van der Waals surface area contributed by atoms with E-state index in [9.17, 15) is 15.0 Å². The smallest absolute Gasteiger partial charge is 0.334 e. The van der Waals surface area contributed by atoms with Crippen molar-refractivity contribution in [3.05, 3.63) is 11.1 Å². The first-order chi connectivity index (χ1) is 9.88. The lowest BCUT2D eigenvalue weighted by atomic mass is 9.51. The molecule has 1 spiro atoms. The molecule has 0 aromatic carbocycles. The minimum atomic E-state index is -0.912. The van der Waals surface area contributed by atoms with Gasteiger partial charge in [-0.3, -0.25) is 0 Å². The minimum absolute atomic E-state index is 0.0973. The molecule has 0 aromatic heterocycles. The highest BCUT2D eigenvalue weighted by atomic mass is 16.4. The third kappa shape index (κ3) is 1.72. The Morgan fingerprint density at radius 2 is 2.14 bits per heavy atom. The lowest BCUT2D eigenvalue weighted by Crippen LogP contribution is -2.48. The molecule has 0 radical (unpaired) electrons. The Kier molecular flexibility index (Phi) is 3.45. The number of aliphatic hydroxyl groups excluding tert-OH is 1. The van der Waals surface area contributed by atoms with Gasteiger partial charge < -0.3 is 15.5 Å². The third-order valence-corrected chi connectivity index (χ3v) is 7.00. The van der Waals surface area contributed by atoms with Gasteiger partial charge in [-0.2, -0.15) is 0 Å². The molecule has 3 aliphatic carbocycles. The highest BCUT2D eigenvalue weighted by Crippen LogP contribution is 2.73. The number of aliphatic hydroxyl groups is 1. The van der Waals surface area contributed by atoms with Gasteiger partial charge in [-0.1, -0.05) is 13.8 Å². The number of carboxylic acids is 1. The molecule has 0 aliphatic heterocycles. The summed E-state index contributed by atoms with van der Waals surface area (Å²) >= 11 is 0. The molecule has 118 valence electrons. The second-order valence-electron chi connectivity index (χ2n) is 7.54. The number of hydrogen-bond donors (Lipinski definition) is 3. The lowest BCUT2D eigenvalue weighted by Gasteiger charge is -2.53. The van der Waals surface area contributed by atoms with Gasteiger partial charge in [-0.25, -0.2) is 4.79 Å². The number of fused-ring (bicyclic) bond motifs is 1.